The van der Waals surface area contributed by atoms with Gasteiger partial charge in [-0.05, 0) is 135 Å². The zero-order valence-electron chi connectivity index (χ0n) is 52.7. The topological polar surface area (TPSA) is 78.9 Å². The summed E-state index contributed by atoms with van der Waals surface area (Å²) in [6.45, 7) is 6.34. The van der Waals surface area contributed by atoms with Gasteiger partial charge in [-0.1, -0.05) is 287 Å². The van der Waals surface area contributed by atoms with E-state index in [4.69, 9.17) is 14.2 Å². The fourth-order valence-electron chi connectivity index (χ4n) is 8.58. The van der Waals surface area contributed by atoms with Gasteiger partial charge in [0.1, 0.15) is 13.2 Å². The second-order valence-electron chi connectivity index (χ2n) is 21.3. The summed E-state index contributed by atoms with van der Waals surface area (Å²) in [5.41, 5.74) is 0. The van der Waals surface area contributed by atoms with Crippen LogP contribution >= 0.6 is 0 Å². The number of rotatable bonds is 58. The van der Waals surface area contributed by atoms with Crippen molar-refractivity contribution in [1.82, 2.24) is 0 Å². The Morgan fingerprint density at radius 2 is 0.476 bits per heavy atom. The highest BCUT2D eigenvalue weighted by atomic mass is 16.6. The quantitative estimate of drug-likeness (QED) is 0.0261. The number of esters is 3. The van der Waals surface area contributed by atoms with Gasteiger partial charge in [-0.3, -0.25) is 14.4 Å². The van der Waals surface area contributed by atoms with Crippen molar-refractivity contribution in [2.45, 2.75) is 277 Å². The van der Waals surface area contributed by atoms with Gasteiger partial charge in [0.05, 0.1) is 0 Å². The normalized spacial score (nSPS) is 13.3. The Kier molecular flexibility index (Phi) is 63.9. The number of allylic oxidation sites excluding steroid dienone is 28. The number of carbonyl (C=O) groups excluding carboxylic acids is 3. The molecule has 0 fully saturated rings. The van der Waals surface area contributed by atoms with E-state index < -0.39 is 6.10 Å². The van der Waals surface area contributed by atoms with Crippen LogP contribution in [0.2, 0.25) is 0 Å². The Morgan fingerprint density at radius 3 is 0.768 bits per heavy atom. The number of hydrogen-bond donors (Lipinski definition) is 0. The molecule has 0 aromatic carbocycles. The van der Waals surface area contributed by atoms with Crippen molar-refractivity contribution in [3.8, 4) is 0 Å². The van der Waals surface area contributed by atoms with Crippen molar-refractivity contribution in [3.63, 3.8) is 0 Å². The van der Waals surface area contributed by atoms with Gasteiger partial charge in [-0.25, -0.2) is 0 Å². The molecule has 6 heteroatoms. The highest BCUT2D eigenvalue weighted by molar-refractivity contribution is 5.71. The van der Waals surface area contributed by atoms with Gasteiger partial charge in [-0.15, -0.1) is 0 Å². The summed E-state index contributed by atoms with van der Waals surface area (Å²) in [4.78, 5) is 38.2. The highest BCUT2D eigenvalue weighted by Gasteiger charge is 2.19. The van der Waals surface area contributed by atoms with Crippen molar-refractivity contribution in [2.75, 3.05) is 13.2 Å². The molecule has 0 saturated heterocycles. The molecule has 0 rings (SSSR count). The van der Waals surface area contributed by atoms with Gasteiger partial charge in [0.15, 0.2) is 6.10 Å². The van der Waals surface area contributed by atoms with Crippen LogP contribution in [-0.2, 0) is 28.6 Å². The molecule has 0 aliphatic rings. The van der Waals surface area contributed by atoms with Crippen molar-refractivity contribution in [3.05, 3.63) is 170 Å². The van der Waals surface area contributed by atoms with Crippen LogP contribution in [0, 0.1) is 0 Å². The monoisotopic (exact) mass is 1130 g/mol. The fraction of sp³-hybridized carbons (Fsp3) is 0.592. The molecular formula is C76H120O6. The second kappa shape index (κ2) is 68.3. The van der Waals surface area contributed by atoms with Crippen molar-refractivity contribution >= 4 is 17.9 Å². The van der Waals surface area contributed by atoms with E-state index in [9.17, 15) is 14.4 Å². The van der Waals surface area contributed by atoms with Crippen LogP contribution in [0.1, 0.15) is 271 Å². The van der Waals surface area contributed by atoms with Crippen LogP contribution in [0.3, 0.4) is 0 Å². The lowest BCUT2D eigenvalue weighted by Crippen LogP contribution is -2.30. The molecule has 0 aliphatic heterocycles. The largest absolute Gasteiger partial charge is 0.462 e. The first-order chi connectivity index (χ1) is 40.5. The minimum atomic E-state index is -0.805. The molecule has 0 aromatic heterocycles. The number of unbranched alkanes of at least 4 members (excludes halogenated alkanes) is 19. The summed E-state index contributed by atoms with van der Waals surface area (Å²) in [6.07, 6.45) is 101. The number of hydrogen-bond acceptors (Lipinski definition) is 6. The molecule has 0 amide bonds. The molecular weight excluding hydrogens is 1010 g/mol. The molecule has 0 bridgehead atoms. The number of ether oxygens (including phenoxy) is 3. The SMILES string of the molecule is CC/C=C\C/C=C\C/C=C\C/C=C\C/C=C\C/C=C\C/C=C\C/C=C\C/C=C\C/C=C\CCCCC(=O)OCC(COC(=O)CCCCCCCCCC)OC(=O)CCCCCCCCCCCC/C=C\C/C=C\C/C=C\C/C=C\CC. The van der Waals surface area contributed by atoms with E-state index in [-0.39, 0.29) is 31.1 Å². The first-order valence-electron chi connectivity index (χ1n) is 33.1. The van der Waals surface area contributed by atoms with Gasteiger partial charge in [0.25, 0.3) is 0 Å². The lowest BCUT2D eigenvalue weighted by molar-refractivity contribution is -0.167. The van der Waals surface area contributed by atoms with E-state index in [1.165, 1.54) is 83.5 Å². The fourth-order valence-corrected chi connectivity index (χ4v) is 8.58. The zero-order chi connectivity index (χ0) is 59.2. The molecule has 0 saturated carbocycles. The van der Waals surface area contributed by atoms with Crippen LogP contribution in [0.4, 0.5) is 0 Å². The maximum atomic E-state index is 12.9. The maximum Gasteiger partial charge on any atom is 0.306 e. The molecule has 0 radical (unpaired) electrons. The third-order valence-corrected chi connectivity index (χ3v) is 13.5. The average molecular weight is 1130 g/mol. The summed E-state index contributed by atoms with van der Waals surface area (Å²) < 4.78 is 16.8. The Morgan fingerprint density at radius 1 is 0.256 bits per heavy atom. The number of carbonyl (C=O) groups is 3. The minimum absolute atomic E-state index is 0.0987. The highest BCUT2D eigenvalue weighted by Crippen LogP contribution is 2.15. The maximum absolute atomic E-state index is 12.9. The zero-order valence-corrected chi connectivity index (χ0v) is 52.7. The van der Waals surface area contributed by atoms with Crippen molar-refractivity contribution in [2.24, 2.45) is 0 Å². The summed E-state index contributed by atoms with van der Waals surface area (Å²) in [5, 5.41) is 0. The third-order valence-electron chi connectivity index (χ3n) is 13.5. The standard InChI is InChI=1S/C76H120O6/c1-4-7-10-13-16-19-21-23-25-27-29-31-33-34-35-36-37-38-39-40-41-42-44-45-47-49-51-53-55-57-60-63-66-69-75(78)81-72-73(71-80-74(77)68-65-62-59-18-15-12-9-6-3)82-76(79)70-67-64-61-58-56-54-52-50-48-46-43-32-30-28-26-24-22-20-17-14-11-8-5-2/h7-8,10-11,16-17,19-20,23-26,29-32,34-35,37-38,40-41,44-45,49,51,55,57,73H,4-6,9,12-15,18,21-22,27-28,33,36,39,42-43,46-48,50,52-54,56,58-72H2,1-3H3/b10-7-,11-8-,19-16-,20-17-,25-23-,26-24-,31-29-,32-30-,35-34-,38-37-,41-40-,45-44-,51-49-,57-55-. The first-order valence-corrected chi connectivity index (χ1v) is 33.1. The Labute approximate surface area is 504 Å². The van der Waals surface area contributed by atoms with E-state index in [0.717, 1.165) is 141 Å². The van der Waals surface area contributed by atoms with Gasteiger partial charge in [0.2, 0.25) is 0 Å². The van der Waals surface area contributed by atoms with Gasteiger partial charge in [-0.2, -0.15) is 0 Å². The van der Waals surface area contributed by atoms with E-state index in [2.05, 4.69) is 191 Å². The molecule has 0 aromatic rings. The summed E-state index contributed by atoms with van der Waals surface area (Å²) in [6, 6.07) is 0. The minimum Gasteiger partial charge on any atom is -0.462 e. The molecule has 1 atom stereocenters. The predicted octanol–water partition coefficient (Wildman–Crippen LogP) is 23.0. The van der Waals surface area contributed by atoms with Gasteiger partial charge < -0.3 is 14.2 Å². The lowest BCUT2D eigenvalue weighted by Gasteiger charge is -2.18. The summed E-state index contributed by atoms with van der Waals surface area (Å²) >= 11 is 0. The molecule has 1 unspecified atom stereocenters. The first kappa shape index (κ1) is 76.8. The van der Waals surface area contributed by atoms with E-state index in [1.807, 2.05) is 0 Å². The van der Waals surface area contributed by atoms with Crippen LogP contribution in [-0.4, -0.2) is 37.2 Å². The van der Waals surface area contributed by atoms with Crippen LogP contribution in [0.5, 0.6) is 0 Å². The molecule has 460 valence electrons. The Bertz CT molecular complexity index is 1870. The molecule has 0 spiro atoms. The third kappa shape index (κ3) is 65.6. The van der Waals surface area contributed by atoms with Gasteiger partial charge >= 0.3 is 17.9 Å². The summed E-state index contributed by atoms with van der Waals surface area (Å²) in [7, 11) is 0. The van der Waals surface area contributed by atoms with E-state index >= 15 is 0 Å². The second-order valence-corrected chi connectivity index (χ2v) is 21.3. The smallest absolute Gasteiger partial charge is 0.306 e. The van der Waals surface area contributed by atoms with Crippen molar-refractivity contribution in [1.29, 1.82) is 0 Å². The summed E-state index contributed by atoms with van der Waals surface area (Å²) in [5.74, 6) is -0.957. The molecule has 6 nitrogen and oxygen atoms in total. The van der Waals surface area contributed by atoms with Gasteiger partial charge in [0, 0.05) is 19.3 Å². The Balaban J connectivity index is 4.30. The van der Waals surface area contributed by atoms with Crippen LogP contribution < -0.4 is 0 Å². The molecule has 0 N–H and O–H groups in total. The predicted molar refractivity (Wildman–Crippen MR) is 357 cm³/mol. The van der Waals surface area contributed by atoms with Crippen LogP contribution in [0.15, 0.2) is 170 Å². The molecule has 82 heavy (non-hydrogen) atoms. The Hall–Kier alpha value is -5.23. The van der Waals surface area contributed by atoms with E-state index in [1.54, 1.807) is 0 Å². The molecule has 0 heterocycles. The van der Waals surface area contributed by atoms with Crippen molar-refractivity contribution < 1.29 is 28.6 Å². The lowest BCUT2D eigenvalue weighted by atomic mass is 10.0. The van der Waals surface area contributed by atoms with Crippen LogP contribution in [0.25, 0.3) is 0 Å². The average Bonchev–Trinajstić information content (AvgIpc) is 3.47. The molecule has 0 aliphatic carbocycles. The van der Waals surface area contributed by atoms with E-state index in [0.29, 0.717) is 25.7 Å².